The molecule has 0 N–H and O–H groups in total. The van der Waals surface area contributed by atoms with Gasteiger partial charge in [-0.3, -0.25) is 0 Å². The van der Waals surface area contributed by atoms with Gasteiger partial charge in [0.05, 0.1) is 12.0 Å². The highest BCUT2D eigenvalue weighted by atomic mass is 15.1. The Morgan fingerprint density at radius 1 is 0.913 bits per heavy atom. The topological polar surface area (TPSA) is 35.6 Å². The minimum atomic E-state index is 0.107. The van der Waals surface area contributed by atoms with Gasteiger partial charge < -0.3 is 9.13 Å². The predicted molar refractivity (Wildman–Crippen MR) is 95.9 cm³/mol. The molecule has 0 fully saturated rings. The van der Waals surface area contributed by atoms with Crippen LogP contribution in [0.15, 0.2) is 12.5 Å². The van der Waals surface area contributed by atoms with E-state index in [1.54, 1.807) is 0 Å². The highest BCUT2D eigenvalue weighted by molar-refractivity contribution is 5.19. The van der Waals surface area contributed by atoms with Crippen molar-refractivity contribution in [3.8, 4) is 0 Å². The van der Waals surface area contributed by atoms with Crippen LogP contribution in [0.1, 0.15) is 70.9 Å². The number of hydrogen-bond donors (Lipinski definition) is 0. The molecular weight excluding hydrogens is 284 g/mol. The third kappa shape index (κ3) is 3.85. The van der Waals surface area contributed by atoms with Crippen molar-refractivity contribution in [2.24, 2.45) is 0 Å². The van der Waals surface area contributed by atoms with E-state index in [0.29, 0.717) is 0 Å². The van der Waals surface area contributed by atoms with Gasteiger partial charge in [-0.05, 0) is 20.3 Å². The summed E-state index contributed by atoms with van der Waals surface area (Å²) in [7, 11) is 0. The van der Waals surface area contributed by atoms with Crippen LogP contribution in [-0.4, -0.2) is 19.1 Å². The lowest BCUT2D eigenvalue weighted by Gasteiger charge is -2.22. The fourth-order valence-corrected chi connectivity index (χ4v) is 3.15. The molecule has 0 radical (unpaired) electrons. The number of aromatic nitrogens is 4. The zero-order valence-corrected chi connectivity index (χ0v) is 16.1. The monoisotopic (exact) mass is 316 g/mol. The summed E-state index contributed by atoms with van der Waals surface area (Å²) in [4.78, 5) is 9.13. The van der Waals surface area contributed by atoms with Crippen molar-refractivity contribution >= 4 is 0 Å². The summed E-state index contributed by atoms with van der Waals surface area (Å²) in [6.07, 6.45) is 5.10. The molecule has 0 amide bonds. The Bertz CT molecular complexity index is 663. The molecule has 0 aliphatic heterocycles. The van der Waals surface area contributed by atoms with Crippen molar-refractivity contribution in [3.63, 3.8) is 0 Å². The average molecular weight is 316 g/mol. The molecule has 0 saturated carbocycles. The van der Waals surface area contributed by atoms with Gasteiger partial charge >= 0.3 is 0 Å². The number of imidazole rings is 2. The number of hydrogen-bond acceptors (Lipinski definition) is 2. The van der Waals surface area contributed by atoms with Crippen molar-refractivity contribution in [2.75, 3.05) is 0 Å². The minimum Gasteiger partial charge on any atom is -0.335 e. The number of nitrogens with zero attached hydrogens (tertiary/aromatic N) is 4. The molecule has 0 aliphatic rings. The van der Waals surface area contributed by atoms with Gasteiger partial charge in [0, 0.05) is 41.5 Å². The van der Waals surface area contributed by atoms with Gasteiger partial charge in [0.2, 0.25) is 0 Å². The van der Waals surface area contributed by atoms with E-state index in [1.807, 2.05) is 12.5 Å². The Labute approximate surface area is 141 Å². The largest absolute Gasteiger partial charge is 0.335 e. The third-order valence-electron chi connectivity index (χ3n) is 4.41. The molecule has 2 aromatic heterocycles. The van der Waals surface area contributed by atoms with E-state index >= 15 is 0 Å². The number of rotatable bonds is 4. The third-order valence-corrected chi connectivity index (χ3v) is 4.41. The molecule has 2 aromatic rings. The van der Waals surface area contributed by atoms with Crippen LogP contribution < -0.4 is 0 Å². The summed E-state index contributed by atoms with van der Waals surface area (Å²) >= 11 is 0. The second kappa shape index (κ2) is 6.14. The van der Waals surface area contributed by atoms with Crippen LogP contribution in [-0.2, 0) is 23.9 Å². The van der Waals surface area contributed by atoms with Gasteiger partial charge in [-0.15, -0.1) is 0 Å². The lowest BCUT2D eigenvalue weighted by atomic mass is 9.91. The van der Waals surface area contributed by atoms with Crippen LogP contribution in [0.25, 0.3) is 0 Å². The highest BCUT2D eigenvalue weighted by Gasteiger charge is 2.21. The summed E-state index contributed by atoms with van der Waals surface area (Å²) in [5, 5.41) is 0. The summed E-state index contributed by atoms with van der Waals surface area (Å²) in [6.45, 7) is 19.7. The molecule has 0 aromatic carbocycles. The fourth-order valence-electron chi connectivity index (χ4n) is 3.15. The van der Waals surface area contributed by atoms with E-state index in [4.69, 9.17) is 0 Å². The van der Waals surface area contributed by atoms with E-state index in [0.717, 1.165) is 25.3 Å². The van der Waals surface area contributed by atoms with E-state index in [9.17, 15) is 0 Å². The smallest absolute Gasteiger partial charge is 0.105 e. The van der Waals surface area contributed by atoms with E-state index in [1.165, 1.54) is 17.1 Å². The summed E-state index contributed by atoms with van der Waals surface area (Å²) in [5.41, 5.74) is 4.04. The molecule has 128 valence electrons. The van der Waals surface area contributed by atoms with Crippen LogP contribution in [0, 0.1) is 13.8 Å². The molecular formula is C19H32N4. The summed E-state index contributed by atoms with van der Waals surface area (Å²) in [6, 6.07) is 0. The van der Waals surface area contributed by atoms with Crippen molar-refractivity contribution in [3.05, 3.63) is 35.4 Å². The first kappa shape index (κ1) is 17.8. The predicted octanol–water partition coefficient (Wildman–Crippen LogP) is 4.38. The zero-order valence-electron chi connectivity index (χ0n) is 16.1. The van der Waals surface area contributed by atoms with Crippen molar-refractivity contribution in [2.45, 2.75) is 85.7 Å². The molecule has 0 saturated heterocycles. The molecule has 0 unspecified atom stereocenters. The van der Waals surface area contributed by atoms with Crippen LogP contribution in [0.5, 0.6) is 0 Å². The van der Waals surface area contributed by atoms with Crippen molar-refractivity contribution < 1.29 is 0 Å². The molecule has 0 atom stereocenters. The first-order chi connectivity index (χ1) is 10.5. The lowest BCUT2D eigenvalue weighted by molar-refractivity contribution is 0.481. The van der Waals surface area contributed by atoms with Gasteiger partial charge in [-0.25, -0.2) is 9.97 Å². The first-order valence-corrected chi connectivity index (χ1v) is 8.56. The first-order valence-electron chi connectivity index (χ1n) is 8.56. The van der Waals surface area contributed by atoms with Crippen LogP contribution in [0.2, 0.25) is 0 Å². The molecule has 2 heterocycles. The molecule has 0 bridgehead atoms. The average Bonchev–Trinajstić information content (AvgIpc) is 2.93. The van der Waals surface area contributed by atoms with E-state index in [2.05, 4.69) is 74.5 Å². The van der Waals surface area contributed by atoms with Gasteiger partial charge in [0.1, 0.15) is 5.82 Å². The molecule has 4 nitrogen and oxygen atoms in total. The number of aryl methyl sites for hydroxylation is 2. The van der Waals surface area contributed by atoms with Crippen LogP contribution in [0.3, 0.4) is 0 Å². The second-order valence-corrected chi connectivity index (χ2v) is 8.57. The standard InChI is InChI=1S/C19H32N4/c1-14-17(19(6,7)8)21-13-22(14)10-9-11-23-15(2)20-12-16(23)18(3,4)5/h12-13H,9-11H2,1-8H3. The molecule has 2 rings (SSSR count). The Balaban J connectivity index is 2.07. The van der Waals surface area contributed by atoms with Gasteiger partial charge in [0.15, 0.2) is 0 Å². The molecule has 0 aliphatic carbocycles. The Kier molecular flexibility index (Phi) is 4.74. The molecule has 0 spiro atoms. The van der Waals surface area contributed by atoms with Crippen molar-refractivity contribution in [1.82, 2.24) is 19.1 Å². The quantitative estimate of drug-likeness (QED) is 0.839. The molecule has 23 heavy (non-hydrogen) atoms. The van der Waals surface area contributed by atoms with E-state index in [-0.39, 0.29) is 10.8 Å². The van der Waals surface area contributed by atoms with Gasteiger partial charge in [0.25, 0.3) is 0 Å². The van der Waals surface area contributed by atoms with Crippen molar-refractivity contribution in [1.29, 1.82) is 0 Å². The Morgan fingerprint density at radius 3 is 2.09 bits per heavy atom. The maximum Gasteiger partial charge on any atom is 0.105 e. The SMILES string of the molecule is Cc1c(C(C)(C)C)ncn1CCCn1c(C(C)(C)C)cnc1C. The summed E-state index contributed by atoms with van der Waals surface area (Å²) < 4.78 is 4.64. The lowest BCUT2D eigenvalue weighted by Crippen LogP contribution is -2.19. The second-order valence-electron chi connectivity index (χ2n) is 8.57. The normalized spacial score (nSPS) is 12.9. The van der Waals surface area contributed by atoms with Crippen LogP contribution in [0.4, 0.5) is 0 Å². The summed E-state index contributed by atoms with van der Waals surface area (Å²) in [5.74, 6) is 1.10. The Hall–Kier alpha value is -1.58. The van der Waals surface area contributed by atoms with E-state index < -0.39 is 0 Å². The molecule has 4 heteroatoms. The fraction of sp³-hybridized carbons (Fsp3) is 0.684. The Morgan fingerprint density at radius 2 is 1.57 bits per heavy atom. The zero-order chi connectivity index (χ0) is 17.4. The highest BCUT2D eigenvalue weighted by Crippen LogP contribution is 2.25. The maximum atomic E-state index is 4.62. The van der Waals surface area contributed by atoms with Crippen LogP contribution >= 0.6 is 0 Å². The maximum absolute atomic E-state index is 4.62. The van der Waals surface area contributed by atoms with Gasteiger partial charge in [-0.2, -0.15) is 0 Å². The minimum absolute atomic E-state index is 0.107. The van der Waals surface area contributed by atoms with Gasteiger partial charge in [-0.1, -0.05) is 41.5 Å².